The minimum atomic E-state index is 0.159. The van der Waals surface area contributed by atoms with E-state index in [4.69, 9.17) is 10.5 Å². The van der Waals surface area contributed by atoms with Crippen LogP contribution in [0.2, 0.25) is 0 Å². The Morgan fingerprint density at radius 2 is 1.95 bits per heavy atom. The fourth-order valence-corrected chi connectivity index (χ4v) is 4.03. The number of fused-ring (bicyclic) bond motifs is 2. The fourth-order valence-electron chi connectivity index (χ4n) is 3.51. The third-order valence-electron chi connectivity index (χ3n) is 4.57. The minimum absolute atomic E-state index is 0.159. The summed E-state index contributed by atoms with van der Waals surface area (Å²) in [5.41, 5.74) is 7.77. The van der Waals surface area contributed by atoms with Gasteiger partial charge in [0.05, 0.1) is 18.2 Å². The lowest BCUT2D eigenvalue weighted by molar-refractivity contribution is -0.0569. The normalized spacial score (nSPS) is 29.4. The van der Waals surface area contributed by atoms with Gasteiger partial charge in [-0.05, 0) is 30.9 Å². The molecule has 0 saturated carbocycles. The molecule has 2 aliphatic rings. The van der Waals surface area contributed by atoms with Gasteiger partial charge in [0, 0.05) is 23.6 Å². The van der Waals surface area contributed by atoms with Crippen molar-refractivity contribution in [1.82, 2.24) is 4.90 Å². The molecular formula is C16H23BrN2O. The van der Waals surface area contributed by atoms with Crippen LogP contribution in [0.1, 0.15) is 37.8 Å². The molecular weight excluding hydrogens is 316 g/mol. The Balaban J connectivity index is 1.89. The fraction of sp³-hybridized carbons (Fsp3) is 0.625. The van der Waals surface area contributed by atoms with E-state index in [9.17, 15) is 0 Å². The second-order valence-corrected chi connectivity index (χ2v) is 6.80. The van der Waals surface area contributed by atoms with E-state index < -0.39 is 0 Å². The summed E-state index contributed by atoms with van der Waals surface area (Å²) in [6.45, 7) is 4.19. The standard InChI is InChI=1S/C16H23BrN2O/c1-2-15(18)16(13-5-3-4-6-14(13)17)19-9-11-7-8-12(10-19)20-11/h3-6,11-12,15-16H,2,7-10,18H2,1H3. The second kappa shape index (κ2) is 6.14. The largest absolute Gasteiger partial charge is 0.372 e. The lowest BCUT2D eigenvalue weighted by Gasteiger charge is -2.41. The molecule has 2 heterocycles. The van der Waals surface area contributed by atoms with Gasteiger partial charge in [-0.15, -0.1) is 0 Å². The van der Waals surface area contributed by atoms with Crippen molar-refractivity contribution >= 4 is 15.9 Å². The predicted octanol–water partition coefficient (Wildman–Crippen LogP) is 3.09. The Bertz CT molecular complexity index is 456. The maximum absolute atomic E-state index is 6.46. The van der Waals surface area contributed by atoms with Crippen molar-refractivity contribution in [2.24, 2.45) is 5.73 Å². The molecule has 2 N–H and O–H groups in total. The number of morpholine rings is 1. The summed E-state index contributed by atoms with van der Waals surface area (Å²) in [5.74, 6) is 0. The number of benzene rings is 1. The first-order valence-corrected chi connectivity index (χ1v) is 8.38. The van der Waals surface area contributed by atoms with Crippen LogP contribution in [0.15, 0.2) is 28.7 Å². The van der Waals surface area contributed by atoms with E-state index in [1.54, 1.807) is 0 Å². The quantitative estimate of drug-likeness (QED) is 0.916. The molecule has 0 aliphatic carbocycles. The van der Waals surface area contributed by atoms with Crippen molar-refractivity contribution in [3.05, 3.63) is 34.3 Å². The van der Waals surface area contributed by atoms with Crippen LogP contribution < -0.4 is 5.73 Å². The third-order valence-corrected chi connectivity index (χ3v) is 5.29. The molecule has 2 bridgehead atoms. The van der Waals surface area contributed by atoms with Crippen molar-refractivity contribution in [1.29, 1.82) is 0 Å². The average Bonchev–Trinajstić information content (AvgIpc) is 2.80. The third kappa shape index (κ3) is 2.80. The zero-order valence-corrected chi connectivity index (χ0v) is 13.6. The molecule has 110 valence electrons. The lowest BCUT2D eigenvalue weighted by atomic mass is 9.95. The first kappa shape index (κ1) is 14.5. The van der Waals surface area contributed by atoms with E-state index in [0.717, 1.165) is 24.0 Å². The summed E-state index contributed by atoms with van der Waals surface area (Å²) in [6.07, 6.45) is 4.19. The van der Waals surface area contributed by atoms with Crippen molar-refractivity contribution in [3.63, 3.8) is 0 Å². The highest BCUT2D eigenvalue weighted by molar-refractivity contribution is 9.10. The highest BCUT2D eigenvalue weighted by atomic mass is 79.9. The predicted molar refractivity (Wildman–Crippen MR) is 84.6 cm³/mol. The summed E-state index contributed by atoms with van der Waals surface area (Å²) in [7, 11) is 0. The topological polar surface area (TPSA) is 38.5 Å². The van der Waals surface area contributed by atoms with E-state index in [1.165, 1.54) is 18.4 Å². The summed E-state index contributed by atoms with van der Waals surface area (Å²) in [4.78, 5) is 2.54. The van der Waals surface area contributed by atoms with Crippen LogP contribution in [0.5, 0.6) is 0 Å². The zero-order valence-electron chi connectivity index (χ0n) is 12.0. The van der Waals surface area contributed by atoms with Crippen molar-refractivity contribution in [2.45, 2.75) is 50.5 Å². The van der Waals surface area contributed by atoms with Crippen molar-refractivity contribution < 1.29 is 4.74 Å². The van der Waals surface area contributed by atoms with Gasteiger partial charge in [-0.2, -0.15) is 0 Å². The van der Waals surface area contributed by atoms with Crippen LogP contribution in [-0.2, 0) is 4.74 Å². The molecule has 3 nitrogen and oxygen atoms in total. The van der Waals surface area contributed by atoms with Gasteiger partial charge < -0.3 is 10.5 Å². The molecule has 0 aromatic heterocycles. The molecule has 0 amide bonds. The molecule has 2 fully saturated rings. The van der Waals surface area contributed by atoms with Crippen molar-refractivity contribution in [3.8, 4) is 0 Å². The van der Waals surface area contributed by atoms with E-state index in [2.05, 4.69) is 52.0 Å². The summed E-state index contributed by atoms with van der Waals surface area (Å²) in [6, 6.07) is 8.91. The molecule has 4 atom stereocenters. The SMILES string of the molecule is CCC(N)C(c1ccccc1Br)N1CC2CCC(C1)O2. The smallest absolute Gasteiger partial charge is 0.0707 e. The Morgan fingerprint density at radius 3 is 2.55 bits per heavy atom. The molecule has 4 unspecified atom stereocenters. The summed E-state index contributed by atoms with van der Waals surface area (Å²) in [5, 5.41) is 0. The van der Waals surface area contributed by atoms with E-state index in [-0.39, 0.29) is 12.1 Å². The summed E-state index contributed by atoms with van der Waals surface area (Å²) < 4.78 is 7.12. The monoisotopic (exact) mass is 338 g/mol. The van der Waals surface area contributed by atoms with E-state index in [0.29, 0.717) is 12.2 Å². The van der Waals surface area contributed by atoms with Crippen LogP contribution in [0, 0.1) is 0 Å². The van der Waals surface area contributed by atoms with Gasteiger partial charge in [0.2, 0.25) is 0 Å². The van der Waals surface area contributed by atoms with Gasteiger partial charge in [-0.25, -0.2) is 0 Å². The van der Waals surface area contributed by atoms with E-state index >= 15 is 0 Å². The van der Waals surface area contributed by atoms with Gasteiger partial charge in [0.15, 0.2) is 0 Å². The lowest BCUT2D eigenvalue weighted by Crippen LogP contribution is -2.49. The number of nitrogens with two attached hydrogens (primary N) is 1. The zero-order chi connectivity index (χ0) is 14.1. The molecule has 3 rings (SSSR count). The number of ether oxygens (including phenoxy) is 1. The Hall–Kier alpha value is -0.420. The number of hydrogen-bond donors (Lipinski definition) is 1. The van der Waals surface area contributed by atoms with Gasteiger partial charge in [-0.3, -0.25) is 4.90 Å². The maximum Gasteiger partial charge on any atom is 0.0707 e. The Morgan fingerprint density at radius 1 is 1.30 bits per heavy atom. The molecule has 0 radical (unpaired) electrons. The van der Waals surface area contributed by atoms with Crippen LogP contribution in [0.25, 0.3) is 0 Å². The van der Waals surface area contributed by atoms with Gasteiger partial charge in [0.25, 0.3) is 0 Å². The first-order valence-electron chi connectivity index (χ1n) is 7.58. The number of likely N-dealkylation sites (tertiary alicyclic amines) is 1. The number of hydrogen-bond acceptors (Lipinski definition) is 3. The highest BCUT2D eigenvalue weighted by Gasteiger charge is 2.38. The van der Waals surface area contributed by atoms with Gasteiger partial charge in [-0.1, -0.05) is 41.1 Å². The minimum Gasteiger partial charge on any atom is -0.372 e. The maximum atomic E-state index is 6.46. The highest BCUT2D eigenvalue weighted by Crippen LogP contribution is 2.36. The van der Waals surface area contributed by atoms with E-state index in [1.807, 2.05) is 0 Å². The Labute approximate surface area is 129 Å². The van der Waals surface area contributed by atoms with Gasteiger partial charge in [0.1, 0.15) is 0 Å². The van der Waals surface area contributed by atoms with Crippen LogP contribution in [0.3, 0.4) is 0 Å². The molecule has 1 aromatic rings. The Kier molecular flexibility index (Phi) is 4.46. The number of halogens is 1. The summed E-state index contributed by atoms with van der Waals surface area (Å²) >= 11 is 3.69. The van der Waals surface area contributed by atoms with Crippen LogP contribution in [0.4, 0.5) is 0 Å². The van der Waals surface area contributed by atoms with Crippen molar-refractivity contribution in [2.75, 3.05) is 13.1 Å². The molecule has 0 spiro atoms. The average molecular weight is 339 g/mol. The number of rotatable bonds is 4. The molecule has 20 heavy (non-hydrogen) atoms. The molecule has 2 saturated heterocycles. The van der Waals surface area contributed by atoms with Crippen LogP contribution >= 0.6 is 15.9 Å². The second-order valence-electron chi connectivity index (χ2n) is 5.95. The van der Waals surface area contributed by atoms with Crippen LogP contribution in [-0.4, -0.2) is 36.2 Å². The molecule has 1 aromatic carbocycles. The molecule has 2 aliphatic heterocycles. The first-order chi connectivity index (χ1) is 9.69. The number of nitrogens with zero attached hydrogens (tertiary/aromatic N) is 1. The molecule has 4 heteroatoms. The van der Waals surface area contributed by atoms with Gasteiger partial charge >= 0.3 is 0 Å².